The Morgan fingerprint density at radius 3 is 2.58 bits per heavy atom. The Hall–Kier alpha value is -1.46. The van der Waals surface area contributed by atoms with E-state index < -0.39 is 0 Å². The summed E-state index contributed by atoms with van der Waals surface area (Å²) >= 11 is 1.52. The second kappa shape index (κ2) is 5.67. The van der Waals surface area contributed by atoms with Gasteiger partial charge >= 0.3 is 0 Å². The van der Waals surface area contributed by atoms with Crippen molar-refractivity contribution in [3.05, 3.63) is 40.7 Å². The highest BCUT2D eigenvalue weighted by molar-refractivity contribution is 7.15. The third-order valence-corrected chi connectivity index (χ3v) is 4.12. The van der Waals surface area contributed by atoms with E-state index in [0.717, 1.165) is 15.7 Å². The zero-order valence-electron chi connectivity index (χ0n) is 11.4. The summed E-state index contributed by atoms with van der Waals surface area (Å²) < 4.78 is 13.8. The SMILES string of the molecule is CC(C)c1nc(N(C)c2ccccc2F)sc1CN. The Labute approximate surface area is 116 Å². The molecule has 102 valence electrons. The van der Waals surface area contributed by atoms with Crippen molar-refractivity contribution < 1.29 is 4.39 Å². The molecule has 0 saturated carbocycles. The molecule has 3 nitrogen and oxygen atoms in total. The average Bonchev–Trinajstić information content (AvgIpc) is 2.83. The van der Waals surface area contributed by atoms with Gasteiger partial charge in [-0.2, -0.15) is 0 Å². The average molecular weight is 279 g/mol. The van der Waals surface area contributed by atoms with E-state index in [1.165, 1.54) is 17.4 Å². The standard InChI is InChI=1S/C14H18FN3S/c1-9(2)13-12(8-16)19-14(17-13)18(3)11-7-5-4-6-10(11)15/h4-7,9H,8,16H2,1-3H3. The maximum absolute atomic E-state index is 13.8. The summed E-state index contributed by atoms with van der Waals surface area (Å²) in [7, 11) is 1.82. The van der Waals surface area contributed by atoms with Crippen LogP contribution in [0.5, 0.6) is 0 Å². The van der Waals surface area contributed by atoms with Gasteiger partial charge < -0.3 is 10.6 Å². The fourth-order valence-corrected chi connectivity index (χ4v) is 2.99. The van der Waals surface area contributed by atoms with Crippen LogP contribution in [0.1, 0.15) is 30.3 Å². The third-order valence-electron chi connectivity index (χ3n) is 2.95. The second-order valence-electron chi connectivity index (χ2n) is 4.67. The number of nitrogens with zero attached hydrogens (tertiary/aromatic N) is 2. The minimum absolute atomic E-state index is 0.249. The molecule has 1 aromatic carbocycles. The van der Waals surface area contributed by atoms with Crippen LogP contribution in [0, 0.1) is 5.82 Å². The van der Waals surface area contributed by atoms with Gasteiger partial charge in [-0.05, 0) is 18.1 Å². The van der Waals surface area contributed by atoms with Gasteiger partial charge in [0.2, 0.25) is 0 Å². The molecule has 0 fully saturated rings. The Bertz CT molecular complexity index is 566. The summed E-state index contributed by atoms with van der Waals surface area (Å²) in [5.41, 5.74) is 7.28. The Balaban J connectivity index is 2.39. The predicted octanol–water partition coefficient (Wildman–Crippen LogP) is 3.63. The smallest absolute Gasteiger partial charge is 0.190 e. The Morgan fingerprint density at radius 2 is 2.05 bits per heavy atom. The van der Waals surface area contributed by atoms with Crippen LogP contribution < -0.4 is 10.6 Å². The first-order valence-corrected chi connectivity index (χ1v) is 7.04. The summed E-state index contributed by atoms with van der Waals surface area (Å²) in [4.78, 5) is 7.43. The summed E-state index contributed by atoms with van der Waals surface area (Å²) in [6.45, 7) is 4.64. The molecule has 0 amide bonds. The van der Waals surface area contributed by atoms with E-state index in [-0.39, 0.29) is 5.82 Å². The lowest BCUT2D eigenvalue weighted by Crippen LogP contribution is -2.11. The zero-order chi connectivity index (χ0) is 14.0. The largest absolute Gasteiger partial charge is 0.326 e. The quantitative estimate of drug-likeness (QED) is 0.929. The van der Waals surface area contributed by atoms with Gasteiger partial charge in [0.25, 0.3) is 0 Å². The van der Waals surface area contributed by atoms with Crippen LogP contribution in [-0.4, -0.2) is 12.0 Å². The minimum atomic E-state index is -0.249. The maximum atomic E-state index is 13.8. The molecule has 1 heterocycles. The number of benzene rings is 1. The van der Waals surface area contributed by atoms with E-state index in [0.29, 0.717) is 18.2 Å². The molecule has 0 atom stereocenters. The fourth-order valence-electron chi connectivity index (χ4n) is 1.92. The van der Waals surface area contributed by atoms with E-state index in [9.17, 15) is 4.39 Å². The van der Waals surface area contributed by atoms with Gasteiger partial charge in [0.05, 0.1) is 11.4 Å². The summed E-state index contributed by atoms with van der Waals surface area (Å²) in [5.74, 6) is 0.0677. The van der Waals surface area contributed by atoms with Crippen LogP contribution in [0.25, 0.3) is 0 Å². The van der Waals surface area contributed by atoms with E-state index in [2.05, 4.69) is 18.8 Å². The zero-order valence-corrected chi connectivity index (χ0v) is 12.2. The van der Waals surface area contributed by atoms with Gasteiger partial charge in [-0.3, -0.25) is 0 Å². The van der Waals surface area contributed by atoms with Gasteiger partial charge in [0, 0.05) is 18.5 Å². The van der Waals surface area contributed by atoms with Crippen LogP contribution in [0.15, 0.2) is 24.3 Å². The topological polar surface area (TPSA) is 42.2 Å². The number of hydrogen-bond acceptors (Lipinski definition) is 4. The number of rotatable bonds is 4. The molecule has 2 aromatic rings. The Kier molecular flexibility index (Phi) is 4.17. The number of thiazole rings is 1. The molecule has 0 aliphatic carbocycles. The van der Waals surface area contributed by atoms with Gasteiger partial charge in [0.1, 0.15) is 5.82 Å². The van der Waals surface area contributed by atoms with Crippen molar-refractivity contribution in [1.29, 1.82) is 0 Å². The van der Waals surface area contributed by atoms with Crippen LogP contribution >= 0.6 is 11.3 Å². The highest BCUT2D eigenvalue weighted by Gasteiger charge is 2.17. The lowest BCUT2D eigenvalue weighted by atomic mass is 10.1. The minimum Gasteiger partial charge on any atom is -0.326 e. The molecule has 0 bridgehead atoms. The van der Waals surface area contributed by atoms with Gasteiger partial charge in [-0.1, -0.05) is 37.3 Å². The normalized spacial score (nSPS) is 11.1. The van der Waals surface area contributed by atoms with Crippen molar-refractivity contribution in [2.24, 2.45) is 5.73 Å². The van der Waals surface area contributed by atoms with E-state index >= 15 is 0 Å². The molecule has 2 rings (SSSR count). The van der Waals surface area contributed by atoms with E-state index in [4.69, 9.17) is 5.73 Å². The molecule has 2 N–H and O–H groups in total. The van der Waals surface area contributed by atoms with Gasteiger partial charge in [0.15, 0.2) is 5.13 Å². The highest BCUT2D eigenvalue weighted by Crippen LogP contribution is 2.34. The van der Waals surface area contributed by atoms with Crippen LogP contribution in [0.4, 0.5) is 15.2 Å². The molecular weight excluding hydrogens is 261 g/mol. The van der Waals surface area contributed by atoms with Crippen molar-refractivity contribution in [2.75, 3.05) is 11.9 Å². The molecule has 0 spiro atoms. The van der Waals surface area contributed by atoms with Crippen molar-refractivity contribution in [3.8, 4) is 0 Å². The number of halogens is 1. The summed E-state index contributed by atoms with van der Waals surface area (Å²) in [5, 5.41) is 0.772. The second-order valence-corrected chi connectivity index (χ2v) is 5.74. The van der Waals surface area contributed by atoms with Crippen molar-refractivity contribution in [1.82, 2.24) is 4.98 Å². The van der Waals surface area contributed by atoms with Crippen LogP contribution in [-0.2, 0) is 6.54 Å². The molecule has 0 unspecified atom stereocenters. The number of nitrogens with two attached hydrogens (primary N) is 1. The number of aromatic nitrogens is 1. The number of anilines is 2. The van der Waals surface area contributed by atoms with Gasteiger partial charge in [-0.25, -0.2) is 9.37 Å². The molecule has 0 aliphatic rings. The number of para-hydroxylation sites is 1. The van der Waals surface area contributed by atoms with Gasteiger partial charge in [-0.15, -0.1) is 0 Å². The molecule has 0 saturated heterocycles. The van der Waals surface area contributed by atoms with E-state index in [1.807, 2.05) is 13.1 Å². The fraction of sp³-hybridized carbons (Fsp3) is 0.357. The maximum Gasteiger partial charge on any atom is 0.190 e. The Morgan fingerprint density at radius 1 is 1.37 bits per heavy atom. The van der Waals surface area contributed by atoms with Crippen LogP contribution in [0.3, 0.4) is 0 Å². The predicted molar refractivity (Wildman–Crippen MR) is 78.6 cm³/mol. The first kappa shape index (κ1) is 14.0. The van der Waals surface area contributed by atoms with Crippen LogP contribution in [0.2, 0.25) is 0 Å². The third kappa shape index (κ3) is 2.77. The molecule has 0 aliphatic heterocycles. The summed E-state index contributed by atoms with van der Waals surface area (Å²) in [6, 6.07) is 6.69. The lowest BCUT2D eigenvalue weighted by molar-refractivity contribution is 0.627. The monoisotopic (exact) mass is 279 g/mol. The highest BCUT2D eigenvalue weighted by atomic mass is 32.1. The molecular formula is C14H18FN3S. The molecule has 1 aromatic heterocycles. The summed E-state index contributed by atoms with van der Waals surface area (Å²) in [6.07, 6.45) is 0. The first-order valence-electron chi connectivity index (χ1n) is 6.22. The van der Waals surface area contributed by atoms with Crippen molar-refractivity contribution >= 4 is 22.2 Å². The van der Waals surface area contributed by atoms with Crippen molar-refractivity contribution in [2.45, 2.75) is 26.3 Å². The molecule has 5 heteroatoms. The number of hydrogen-bond donors (Lipinski definition) is 1. The lowest BCUT2D eigenvalue weighted by Gasteiger charge is -2.16. The molecule has 19 heavy (non-hydrogen) atoms. The molecule has 0 radical (unpaired) electrons. The van der Waals surface area contributed by atoms with Crippen molar-refractivity contribution in [3.63, 3.8) is 0 Å². The van der Waals surface area contributed by atoms with E-state index in [1.54, 1.807) is 17.0 Å². The first-order chi connectivity index (χ1) is 9.04.